The zero-order chi connectivity index (χ0) is 16.2. The van der Waals surface area contributed by atoms with E-state index in [-0.39, 0.29) is 36.8 Å². The predicted molar refractivity (Wildman–Crippen MR) is 99.1 cm³/mol. The summed E-state index contributed by atoms with van der Waals surface area (Å²) >= 11 is 0. The summed E-state index contributed by atoms with van der Waals surface area (Å²) in [6.45, 7) is 2.49. The molecule has 1 saturated heterocycles. The summed E-state index contributed by atoms with van der Waals surface area (Å²) in [6, 6.07) is 2.60. The van der Waals surface area contributed by atoms with Crippen LogP contribution in [0, 0.1) is 5.82 Å². The molecular weight excluding hydrogens is 370 g/mol. The molecule has 0 unspecified atom stereocenters. The van der Waals surface area contributed by atoms with Crippen LogP contribution in [0.5, 0.6) is 0 Å². The van der Waals surface area contributed by atoms with Crippen molar-refractivity contribution in [1.29, 1.82) is 0 Å². The Morgan fingerprint density at radius 3 is 2.76 bits per heavy atom. The molecule has 0 saturated carbocycles. The molecule has 1 aromatic heterocycles. The molecule has 140 valence electrons. The van der Waals surface area contributed by atoms with E-state index in [0.29, 0.717) is 42.8 Å². The number of rotatable bonds is 5. The Kier molecular flexibility index (Phi) is 8.58. The number of nitrogens with one attached hydrogen (secondary N) is 1. The van der Waals surface area contributed by atoms with Gasteiger partial charge in [-0.3, -0.25) is 4.79 Å². The van der Waals surface area contributed by atoms with E-state index in [1.54, 1.807) is 4.90 Å². The Morgan fingerprint density at radius 2 is 2.08 bits per heavy atom. The van der Waals surface area contributed by atoms with Crippen molar-refractivity contribution in [3.63, 3.8) is 0 Å². The Balaban J connectivity index is 0.00000156. The fraction of sp³-hybridized carbons (Fsp3) is 0.500. The second kappa shape index (κ2) is 9.91. The molecule has 1 aromatic carbocycles. The van der Waals surface area contributed by atoms with Gasteiger partial charge in [0.05, 0.1) is 23.5 Å². The Bertz CT molecular complexity index is 690. The zero-order valence-electron chi connectivity index (χ0n) is 13.7. The standard InChI is InChI=1S/C16H21FN4O2.2ClH/c17-11-8-13(15-14(9-11)19-10-20-15)16(22)21-5-2-12(3-6-21)23-7-1-4-18;;/h8-10,12H,1-7,18H2,(H,19,20);2*1H. The van der Waals surface area contributed by atoms with Gasteiger partial charge in [-0.05, 0) is 37.9 Å². The maximum atomic E-state index is 13.7. The number of nitrogens with two attached hydrogens (primary N) is 1. The van der Waals surface area contributed by atoms with Crippen LogP contribution in [-0.2, 0) is 4.74 Å². The summed E-state index contributed by atoms with van der Waals surface area (Å²) < 4.78 is 19.4. The number of carbonyl (C=O) groups excluding carboxylic acids is 1. The molecule has 9 heteroatoms. The van der Waals surface area contributed by atoms with Gasteiger partial charge in [0.25, 0.3) is 5.91 Å². The van der Waals surface area contributed by atoms with Crippen LogP contribution in [0.2, 0.25) is 0 Å². The molecule has 0 atom stereocenters. The molecule has 0 bridgehead atoms. The quantitative estimate of drug-likeness (QED) is 0.765. The third-order valence-electron chi connectivity index (χ3n) is 4.15. The lowest BCUT2D eigenvalue weighted by atomic mass is 10.1. The van der Waals surface area contributed by atoms with Gasteiger partial charge < -0.3 is 20.4 Å². The number of piperidine rings is 1. The predicted octanol–water partition coefficient (Wildman–Crippen LogP) is 2.52. The van der Waals surface area contributed by atoms with Crippen LogP contribution in [0.4, 0.5) is 4.39 Å². The number of benzene rings is 1. The summed E-state index contributed by atoms with van der Waals surface area (Å²) in [7, 11) is 0. The highest BCUT2D eigenvalue weighted by molar-refractivity contribution is 6.04. The first-order valence-corrected chi connectivity index (χ1v) is 7.92. The molecule has 1 aliphatic rings. The first kappa shape index (κ1) is 21.6. The Hall–Kier alpha value is -1.41. The van der Waals surface area contributed by atoms with Crippen molar-refractivity contribution >= 4 is 41.8 Å². The molecule has 2 aromatic rings. The van der Waals surface area contributed by atoms with E-state index in [1.807, 2.05) is 0 Å². The van der Waals surface area contributed by atoms with Crippen molar-refractivity contribution in [2.45, 2.75) is 25.4 Å². The molecule has 0 aliphatic carbocycles. The van der Waals surface area contributed by atoms with Gasteiger partial charge in [-0.2, -0.15) is 0 Å². The van der Waals surface area contributed by atoms with Crippen molar-refractivity contribution < 1.29 is 13.9 Å². The third-order valence-corrected chi connectivity index (χ3v) is 4.15. The molecule has 0 spiro atoms. The summed E-state index contributed by atoms with van der Waals surface area (Å²) in [5.74, 6) is -0.618. The fourth-order valence-corrected chi connectivity index (χ4v) is 2.91. The molecule has 3 N–H and O–H groups in total. The van der Waals surface area contributed by atoms with E-state index in [2.05, 4.69) is 9.97 Å². The number of nitrogens with zero attached hydrogens (tertiary/aromatic N) is 2. The lowest BCUT2D eigenvalue weighted by Gasteiger charge is -2.32. The second-order valence-electron chi connectivity index (χ2n) is 5.76. The van der Waals surface area contributed by atoms with Gasteiger partial charge >= 0.3 is 0 Å². The first-order valence-electron chi connectivity index (χ1n) is 7.92. The van der Waals surface area contributed by atoms with Crippen molar-refractivity contribution in [2.75, 3.05) is 26.2 Å². The maximum Gasteiger partial charge on any atom is 0.256 e. The van der Waals surface area contributed by atoms with Crippen LogP contribution in [0.3, 0.4) is 0 Å². The number of hydrogen-bond acceptors (Lipinski definition) is 4. The SMILES string of the molecule is Cl.Cl.NCCCOC1CCN(C(=O)c2cc(F)cc3[nH]cnc23)CC1. The van der Waals surface area contributed by atoms with Crippen LogP contribution < -0.4 is 5.73 Å². The van der Waals surface area contributed by atoms with Crippen LogP contribution in [0.1, 0.15) is 29.6 Å². The van der Waals surface area contributed by atoms with Gasteiger partial charge in [0.2, 0.25) is 0 Å². The van der Waals surface area contributed by atoms with Crippen molar-refractivity contribution in [3.05, 3.63) is 29.8 Å². The largest absolute Gasteiger partial charge is 0.378 e. The number of carbonyl (C=O) groups is 1. The number of imidazole rings is 1. The van der Waals surface area contributed by atoms with Gasteiger partial charge in [0, 0.05) is 19.7 Å². The average molecular weight is 393 g/mol. The maximum absolute atomic E-state index is 13.7. The smallest absolute Gasteiger partial charge is 0.256 e. The molecule has 6 nitrogen and oxygen atoms in total. The highest BCUT2D eigenvalue weighted by Crippen LogP contribution is 2.22. The van der Waals surface area contributed by atoms with E-state index in [1.165, 1.54) is 18.5 Å². The second-order valence-corrected chi connectivity index (χ2v) is 5.76. The number of amides is 1. The summed E-state index contributed by atoms with van der Waals surface area (Å²) in [5.41, 5.74) is 6.80. The normalized spacial score (nSPS) is 14.9. The lowest BCUT2D eigenvalue weighted by molar-refractivity contribution is 0.00848. The monoisotopic (exact) mass is 392 g/mol. The Morgan fingerprint density at radius 1 is 1.36 bits per heavy atom. The number of aromatic nitrogens is 2. The van der Waals surface area contributed by atoms with Crippen LogP contribution in [-0.4, -0.2) is 53.1 Å². The molecule has 1 amide bonds. The molecule has 1 aliphatic heterocycles. The van der Waals surface area contributed by atoms with Gasteiger partial charge in [0.1, 0.15) is 11.3 Å². The van der Waals surface area contributed by atoms with Gasteiger partial charge in [-0.15, -0.1) is 24.8 Å². The molecule has 3 rings (SSSR count). The van der Waals surface area contributed by atoms with Gasteiger partial charge in [-0.1, -0.05) is 0 Å². The van der Waals surface area contributed by atoms with E-state index in [0.717, 1.165) is 19.3 Å². The Labute approximate surface area is 158 Å². The molecule has 2 heterocycles. The third kappa shape index (κ3) is 5.04. The van der Waals surface area contributed by atoms with Gasteiger partial charge in [-0.25, -0.2) is 9.37 Å². The highest BCUT2D eigenvalue weighted by atomic mass is 35.5. The van der Waals surface area contributed by atoms with Crippen LogP contribution in [0.15, 0.2) is 18.5 Å². The number of ether oxygens (including phenoxy) is 1. The van der Waals surface area contributed by atoms with E-state index in [4.69, 9.17) is 10.5 Å². The molecule has 0 radical (unpaired) electrons. The van der Waals surface area contributed by atoms with E-state index >= 15 is 0 Å². The van der Waals surface area contributed by atoms with Crippen molar-refractivity contribution in [2.24, 2.45) is 5.73 Å². The number of halogens is 3. The minimum atomic E-state index is -0.440. The number of H-pyrrole nitrogens is 1. The average Bonchev–Trinajstić information content (AvgIpc) is 3.02. The van der Waals surface area contributed by atoms with Gasteiger partial charge in [0.15, 0.2) is 0 Å². The van der Waals surface area contributed by atoms with E-state index < -0.39 is 5.82 Å². The molecule has 25 heavy (non-hydrogen) atoms. The van der Waals surface area contributed by atoms with E-state index in [9.17, 15) is 9.18 Å². The fourth-order valence-electron chi connectivity index (χ4n) is 2.91. The minimum absolute atomic E-state index is 0. The summed E-state index contributed by atoms with van der Waals surface area (Å²) in [6.07, 6.45) is 4.06. The number of fused-ring (bicyclic) bond motifs is 1. The minimum Gasteiger partial charge on any atom is -0.378 e. The first-order chi connectivity index (χ1) is 11.2. The summed E-state index contributed by atoms with van der Waals surface area (Å²) in [5, 5.41) is 0. The molecule has 1 fully saturated rings. The zero-order valence-corrected chi connectivity index (χ0v) is 15.4. The summed E-state index contributed by atoms with van der Waals surface area (Å²) in [4.78, 5) is 21.4. The number of hydrogen-bond donors (Lipinski definition) is 2. The van der Waals surface area contributed by atoms with Crippen molar-refractivity contribution in [1.82, 2.24) is 14.9 Å². The topological polar surface area (TPSA) is 84.2 Å². The van der Waals surface area contributed by atoms with Crippen molar-refractivity contribution in [3.8, 4) is 0 Å². The molecular formula is C16H23Cl2FN4O2. The van der Waals surface area contributed by atoms with Crippen LogP contribution >= 0.6 is 24.8 Å². The van der Waals surface area contributed by atoms with Crippen LogP contribution in [0.25, 0.3) is 11.0 Å². The highest BCUT2D eigenvalue weighted by Gasteiger charge is 2.26. The number of aromatic amines is 1. The lowest BCUT2D eigenvalue weighted by Crippen LogP contribution is -2.41. The number of likely N-dealkylation sites (tertiary alicyclic amines) is 1.